The lowest BCUT2D eigenvalue weighted by Crippen LogP contribution is -2.10. The van der Waals surface area contributed by atoms with Crippen LogP contribution in [0.15, 0.2) is 12.3 Å². The predicted molar refractivity (Wildman–Crippen MR) is 51.4 cm³/mol. The van der Waals surface area contributed by atoms with E-state index < -0.39 is 0 Å². The highest BCUT2D eigenvalue weighted by Crippen LogP contribution is 2.14. The van der Waals surface area contributed by atoms with E-state index in [0.717, 1.165) is 11.1 Å². The lowest BCUT2D eigenvalue weighted by atomic mass is 10.2. The summed E-state index contributed by atoms with van der Waals surface area (Å²) >= 11 is 4.80. The largest absolute Gasteiger partial charge is 0.481 e. The Kier molecular flexibility index (Phi) is 2.60. The molecule has 0 atom stereocenters. The van der Waals surface area contributed by atoms with Crippen molar-refractivity contribution in [3.63, 3.8) is 0 Å². The number of aromatic nitrogens is 1. The average molecular weight is 182 g/mol. The Morgan fingerprint density at radius 1 is 1.67 bits per heavy atom. The first-order valence-electron chi connectivity index (χ1n) is 3.45. The van der Waals surface area contributed by atoms with Crippen LogP contribution in [0.2, 0.25) is 0 Å². The second kappa shape index (κ2) is 3.49. The number of hydrogen-bond acceptors (Lipinski definition) is 3. The second-order valence-corrected chi connectivity index (χ2v) is 2.85. The zero-order valence-electron chi connectivity index (χ0n) is 7.00. The van der Waals surface area contributed by atoms with Gasteiger partial charge in [0.2, 0.25) is 5.88 Å². The maximum Gasteiger partial charge on any atom is 0.215 e. The number of nitrogens with zero attached hydrogens (tertiary/aromatic N) is 1. The van der Waals surface area contributed by atoms with Crippen molar-refractivity contribution in [1.29, 1.82) is 0 Å². The van der Waals surface area contributed by atoms with Gasteiger partial charge in [0.05, 0.1) is 7.11 Å². The van der Waals surface area contributed by atoms with Crippen molar-refractivity contribution in [3.05, 3.63) is 23.4 Å². The Morgan fingerprint density at radius 3 is 2.75 bits per heavy atom. The summed E-state index contributed by atoms with van der Waals surface area (Å²) in [6.07, 6.45) is 1.61. The lowest BCUT2D eigenvalue weighted by Gasteiger charge is -2.04. The van der Waals surface area contributed by atoms with Crippen LogP contribution >= 0.6 is 12.2 Å². The monoisotopic (exact) mass is 182 g/mol. The highest BCUT2D eigenvalue weighted by atomic mass is 32.1. The van der Waals surface area contributed by atoms with Crippen molar-refractivity contribution >= 4 is 17.2 Å². The zero-order chi connectivity index (χ0) is 9.14. The summed E-state index contributed by atoms with van der Waals surface area (Å²) in [7, 11) is 1.58. The number of ether oxygens (including phenoxy) is 1. The third-order valence-corrected chi connectivity index (χ3v) is 1.74. The fourth-order valence-corrected chi connectivity index (χ4v) is 1.02. The summed E-state index contributed by atoms with van der Waals surface area (Å²) in [5, 5.41) is 0. The van der Waals surface area contributed by atoms with E-state index in [1.165, 1.54) is 0 Å². The maximum absolute atomic E-state index is 5.42. The number of pyridine rings is 1. The van der Waals surface area contributed by atoms with Gasteiger partial charge in [-0.05, 0) is 13.0 Å². The molecule has 0 fully saturated rings. The molecule has 0 radical (unpaired) electrons. The molecule has 0 saturated heterocycles. The van der Waals surface area contributed by atoms with Crippen LogP contribution in [0.5, 0.6) is 5.88 Å². The molecule has 4 heteroatoms. The minimum Gasteiger partial charge on any atom is -0.481 e. The van der Waals surface area contributed by atoms with Crippen LogP contribution in [0.3, 0.4) is 0 Å². The van der Waals surface area contributed by atoms with E-state index in [1.54, 1.807) is 13.3 Å². The molecule has 1 aromatic heterocycles. The van der Waals surface area contributed by atoms with Gasteiger partial charge in [-0.25, -0.2) is 4.98 Å². The van der Waals surface area contributed by atoms with Gasteiger partial charge in [0, 0.05) is 17.3 Å². The maximum atomic E-state index is 5.42. The molecule has 2 N–H and O–H groups in total. The molecule has 0 saturated carbocycles. The summed E-state index contributed by atoms with van der Waals surface area (Å²) < 4.78 is 4.98. The SMILES string of the molecule is COc1ncc(C(N)=S)cc1C. The standard InChI is InChI=1S/C8H10N2OS/c1-5-3-6(7(9)12)4-10-8(5)11-2/h3-4H,1-2H3,(H2,9,12). The Bertz CT molecular complexity index is 312. The van der Waals surface area contributed by atoms with Crippen molar-refractivity contribution in [3.8, 4) is 5.88 Å². The summed E-state index contributed by atoms with van der Waals surface area (Å²) in [5.74, 6) is 0.606. The molecule has 0 bridgehead atoms. The van der Waals surface area contributed by atoms with E-state index in [1.807, 2.05) is 13.0 Å². The third kappa shape index (κ3) is 1.71. The van der Waals surface area contributed by atoms with Crippen LogP contribution in [0.4, 0.5) is 0 Å². The van der Waals surface area contributed by atoms with Crippen molar-refractivity contribution in [1.82, 2.24) is 4.98 Å². The van der Waals surface area contributed by atoms with E-state index in [2.05, 4.69) is 4.98 Å². The van der Waals surface area contributed by atoms with E-state index in [9.17, 15) is 0 Å². The fraction of sp³-hybridized carbons (Fsp3) is 0.250. The topological polar surface area (TPSA) is 48.1 Å². The van der Waals surface area contributed by atoms with Gasteiger partial charge in [-0.3, -0.25) is 0 Å². The van der Waals surface area contributed by atoms with Gasteiger partial charge in [-0.15, -0.1) is 0 Å². The number of nitrogens with two attached hydrogens (primary N) is 1. The number of hydrogen-bond donors (Lipinski definition) is 1. The third-order valence-electron chi connectivity index (χ3n) is 1.51. The molecule has 0 aromatic carbocycles. The smallest absolute Gasteiger partial charge is 0.215 e. The zero-order valence-corrected chi connectivity index (χ0v) is 7.81. The van der Waals surface area contributed by atoms with Crippen LogP contribution in [0.25, 0.3) is 0 Å². The highest BCUT2D eigenvalue weighted by Gasteiger charge is 2.02. The van der Waals surface area contributed by atoms with Crippen LogP contribution in [0, 0.1) is 6.92 Å². The Hall–Kier alpha value is -1.16. The molecule has 0 unspecified atom stereocenters. The Balaban J connectivity index is 3.10. The molecule has 0 amide bonds. The first kappa shape index (κ1) is 8.93. The minimum atomic E-state index is 0.355. The molecule has 1 rings (SSSR count). The second-order valence-electron chi connectivity index (χ2n) is 2.41. The number of methoxy groups -OCH3 is 1. The van der Waals surface area contributed by atoms with Crippen molar-refractivity contribution in [2.75, 3.05) is 7.11 Å². The normalized spacial score (nSPS) is 9.50. The molecule has 0 spiro atoms. The van der Waals surface area contributed by atoms with Crippen LogP contribution in [-0.2, 0) is 0 Å². The first-order valence-corrected chi connectivity index (χ1v) is 3.86. The van der Waals surface area contributed by atoms with Crippen LogP contribution in [0.1, 0.15) is 11.1 Å². The molecule has 0 aliphatic rings. The lowest BCUT2D eigenvalue weighted by molar-refractivity contribution is 0.394. The average Bonchev–Trinajstić information content (AvgIpc) is 2.04. The number of rotatable bonds is 2. The van der Waals surface area contributed by atoms with Crippen molar-refractivity contribution < 1.29 is 4.74 Å². The fourth-order valence-electron chi connectivity index (χ4n) is 0.911. The Labute approximate surface area is 76.6 Å². The summed E-state index contributed by atoms with van der Waals surface area (Å²) in [5.41, 5.74) is 7.12. The molecule has 3 nitrogen and oxygen atoms in total. The van der Waals surface area contributed by atoms with Gasteiger partial charge >= 0.3 is 0 Å². The molecule has 1 aromatic rings. The highest BCUT2D eigenvalue weighted by molar-refractivity contribution is 7.80. The molecule has 1 heterocycles. The van der Waals surface area contributed by atoms with Crippen molar-refractivity contribution in [2.24, 2.45) is 5.73 Å². The van der Waals surface area contributed by atoms with E-state index in [-0.39, 0.29) is 0 Å². The van der Waals surface area contributed by atoms with Gasteiger partial charge in [0.1, 0.15) is 4.99 Å². The molecule has 0 aliphatic carbocycles. The van der Waals surface area contributed by atoms with Gasteiger partial charge in [0.25, 0.3) is 0 Å². The van der Waals surface area contributed by atoms with Crippen LogP contribution in [-0.4, -0.2) is 17.1 Å². The molecule has 12 heavy (non-hydrogen) atoms. The van der Waals surface area contributed by atoms with Gasteiger partial charge < -0.3 is 10.5 Å². The van der Waals surface area contributed by atoms with Crippen molar-refractivity contribution in [2.45, 2.75) is 6.92 Å². The predicted octanol–water partition coefficient (Wildman–Crippen LogP) is 1.03. The van der Waals surface area contributed by atoms with Gasteiger partial charge in [-0.1, -0.05) is 12.2 Å². The molecular formula is C8H10N2OS. The molecular weight excluding hydrogens is 172 g/mol. The Morgan fingerprint density at radius 2 is 2.33 bits per heavy atom. The quantitative estimate of drug-likeness (QED) is 0.694. The molecule has 64 valence electrons. The number of aryl methyl sites for hydroxylation is 1. The number of thiocarbonyl (C=S) groups is 1. The summed E-state index contributed by atoms with van der Waals surface area (Å²) in [6.45, 7) is 1.90. The first-order chi connectivity index (χ1) is 5.65. The summed E-state index contributed by atoms with van der Waals surface area (Å²) in [6, 6.07) is 1.86. The van der Waals surface area contributed by atoms with E-state index in [4.69, 9.17) is 22.7 Å². The van der Waals surface area contributed by atoms with E-state index >= 15 is 0 Å². The molecule has 0 aliphatic heterocycles. The summed E-state index contributed by atoms with van der Waals surface area (Å²) in [4.78, 5) is 4.38. The van der Waals surface area contributed by atoms with E-state index in [0.29, 0.717) is 10.9 Å². The van der Waals surface area contributed by atoms with Gasteiger partial charge in [-0.2, -0.15) is 0 Å². The minimum absolute atomic E-state index is 0.355. The van der Waals surface area contributed by atoms with Crippen LogP contribution < -0.4 is 10.5 Å². The van der Waals surface area contributed by atoms with Gasteiger partial charge in [0.15, 0.2) is 0 Å².